The summed E-state index contributed by atoms with van der Waals surface area (Å²) in [5.74, 6) is -1.83. The second kappa shape index (κ2) is 10.9. The molecule has 8 heteroatoms. The summed E-state index contributed by atoms with van der Waals surface area (Å²) in [7, 11) is 3.51. The zero-order valence-corrected chi connectivity index (χ0v) is 20.2. The highest BCUT2D eigenvalue weighted by Gasteiger charge is 2.35. The SMILES string of the molecule is CN(C)CC(NC(=O)C(CNC(=O)OCC1c2ccccc2-c2ccccc21)C1CCC1)C(=O)O. The van der Waals surface area contributed by atoms with Crippen molar-refractivity contribution in [3.05, 3.63) is 59.7 Å². The van der Waals surface area contributed by atoms with E-state index in [1.54, 1.807) is 19.0 Å². The van der Waals surface area contributed by atoms with Crippen LogP contribution >= 0.6 is 0 Å². The number of hydrogen-bond donors (Lipinski definition) is 3. The molecular weight excluding hydrogens is 446 g/mol. The smallest absolute Gasteiger partial charge is 0.407 e. The fourth-order valence-corrected chi connectivity index (χ4v) is 4.99. The molecule has 4 rings (SSSR count). The monoisotopic (exact) mass is 479 g/mol. The van der Waals surface area contributed by atoms with Crippen LogP contribution in [0.25, 0.3) is 11.1 Å². The number of ether oxygens (including phenoxy) is 1. The third-order valence-electron chi connectivity index (χ3n) is 7.03. The van der Waals surface area contributed by atoms with E-state index in [9.17, 15) is 19.5 Å². The van der Waals surface area contributed by atoms with E-state index in [4.69, 9.17) is 4.74 Å². The van der Waals surface area contributed by atoms with Crippen LogP contribution in [0.15, 0.2) is 48.5 Å². The van der Waals surface area contributed by atoms with Gasteiger partial charge in [0, 0.05) is 19.0 Å². The van der Waals surface area contributed by atoms with E-state index in [0.29, 0.717) is 0 Å². The molecule has 0 radical (unpaired) electrons. The third-order valence-corrected chi connectivity index (χ3v) is 7.03. The van der Waals surface area contributed by atoms with E-state index >= 15 is 0 Å². The summed E-state index contributed by atoms with van der Waals surface area (Å²) in [4.78, 5) is 38.8. The molecule has 2 amide bonds. The predicted octanol–water partition coefficient (Wildman–Crippen LogP) is 3.07. The van der Waals surface area contributed by atoms with Gasteiger partial charge in [0.2, 0.25) is 5.91 Å². The summed E-state index contributed by atoms with van der Waals surface area (Å²) in [5, 5.41) is 14.9. The summed E-state index contributed by atoms with van der Waals surface area (Å²) >= 11 is 0. The van der Waals surface area contributed by atoms with Crippen molar-refractivity contribution in [2.24, 2.45) is 11.8 Å². The minimum atomic E-state index is -1.08. The maximum absolute atomic E-state index is 12.9. The molecule has 1 saturated carbocycles. The number of nitrogens with one attached hydrogen (secondary N) is 2. The van der Waals surface area contributed by atoms with Gasteiger partial charge in [-0.05, 0) is 55.1 Å². The molecule has 186 valence electrons. The molecule has 2 unspecified atom stereocenters. The average Bonchev–Trinajstić information content (AvgIpc) is 3.12. The number of hydrogen-bond acceptors (Lipinski definition) is 5. The first-order chi connectivity index (χ1) is 16.8. The van der Waals surface area contributed by atoms with E-state index in [0.717, 1.165) is 41.5 Å². The Hall–Kier alpha value is -3.39. The lowest BCUT2D eigenvalue weighted by Gasteiger charge is -2.33. The Morgan fingerprint density at radius 3 is 2.14 bits per heavy atom. The number of alkyl carbamates (subject to hydrolysis) is 1. The Kier molecular flexibility index (Phi) is 7.70. The van der Waals surface area contributed by atoms with Gasteiger partial charge in [0.05, 0.1) is 5.92 Å². The second-order valence-electron chi connectivity index (χ2n) is 9.67. The number of fused-ring (bicyclic) bond motifs is 3. The molecule has 0 heterocycles. The molecule has 2 aliphatic rings. The summed E-state index contributed by atoms with van der Waals surface area (Å²) in [5.41, 5.74) is 4.58. The molecule has 2 aromatic rings. The lowest BCUT2D eigenvalue weighted by molar-refractivity contribution is -0.143. The molecule has 2 atom stereocenters. The number of carboxylic acids is 1. The van der Waals surface area contributed by atoms with Crippen LogP contribution in [0, 0.1) is 11.8 Å². The molecule has 3 N–H and O–H groups in total. The Balaban J connectivity index is 1.35. The van der Waals surface area contributed by atoms with Crippen LogP contribution in [0.3, 0.4) is 0 Å². The third kappa shape index (κ3) is 5.65. The molecule has 0 aromatic heterocycles. The van der Waals surface area contributed by atoms with Gasteiger partial charge in [-0.3, -0.25) is 4.79 Å². The number of carboxylic acid groups (broad SMARTS) is 1. The van der Waals surface area contributed by atoms with Gasteiger partial charge in [-0.2, -0.15) is 0 Å². The summed E-state index contributed by atoms with van der Waals surface area (Å²) in [6.07, 6.45) is 2.22. The number of aliphatic carboxylic acids is 1. The predicted molar refractivity (Wildman–Crippen MR) is 132 cm³/mol. The topological polar surface area (TPSA) is 108 Å². The van der Waals surface area contributed by atoms with E-state index in [2.05, 4.69) is 34.9 Å². The highest BCUT2D eigenvalue weighted by Crippen LogP contribution is 2.44. The number of rotatable bonds is 10. The molecule has 0 saturated heterocycles. The molecule has 0 bridgehead atoms. The van der Waals surface area contributed by atoms with Crippen molar-refractivity contribution < 1.29 is 24.2 Å². The van der Waals surface area contributed by atoms with Crippen LogP contribution in [0.1, 0.15) is 36.3 Å². The molecule has 0 spiro atoms. The van der Waals surface area contributed by atoms with Gasteiger partial charge in [-0.1, -0.05) is 55.0 Å². The number of nitrogens with zero attached hydrogens (tertiary/aromatic N) is 1. The van der Waals surface area contributed by atoms with Gasteiger partial charge in [0.15, 0.2) is 0 Å². The fourth-order valence-electron chi connectivity index (χ4n) is 4.99. The average molecular weight is 480 g/mol. The van der Waals surface area contributed by atoms with Crippen LogP contribution in [-0.4, -0.2) is 67.8 Å². The second-order valence-corrected chi connectivity index (χ2v) is 9.67. The normalized spacial score (nSPS) is 16.5. The first-order valence-electron chi connectivity index (χ1n) is 12.1. The van der Waals surface area contributed by atoms with Crippen molar-refractivity contribution in [2.75, 3.05) is 33.8 Å². The van der Waals surface area contributed by atoms with Crippen molar-refractivity contribution in [3.63, 3.8) is 0 Å². The lowest BCUT2D eigenvalue weighted by atomic mass is 9.75. The van der Waals surface area contributed by atoms with E-state index < -0.39 is 24.0 Å². The van der Waals surface area contributed by atoms with Crippen molar-refractivity contribution in [1.82, 2.24) is 15.5 Å². The largest absolute Gasteiger partial charge is 0.480 e. The van der Waals surface area contributed by atoms with Gasteiger partial charge >= 0.3 is 12.1 Å². The standard InChI is InChI=1S/C27H33N3O5/c1-30(2)15-24(26(32)33)29-25(31)22(17-8-7-9-17)14-28-27(34)35-16-23-20-12-5-3-10-18(20)19-11-4-6-13-21(19)23/h3-6,10-13,17,22-24H,7-9,14-16H2,1-2H3,(H,28,34)(H,29,31)(H,32,33). The minimum absolute atomic E-state index is 0.0405. The van der Waals surface area contributed by atoms with Crippen molar-refractivity contribution in [1.29, 1.82) is 0 Å². The van der Waals surface area contributed by atoms with Crippen molar-refractivity contribution >= 4 is 18.0 Å². The van der Waals surface area contributed by atoms with Crippen LogP contribution in [-0.2, 0) is 14.3 Å². The highest BCUT2D eigenvalue weighted by atomic mass is 16.5. The highest BCUT2D eigenvalue weighted by molar-refractivity contribution is 5.86. The molecule has 1 fully saturated rings. The number of likely N-dealkylation sites (N-methyl/N-ethyl adjacent to an activating group) is 1. The van der Waals surface area contributed by atoms with Gasteiger partial charge in [-0.15, -0.1) is 0 Å². The van der Waals surface area contributed by atoms with Crippen LogP contribution in [0.2, 0.25) is 0 Å². The first-order valence-corrected chi connectivity index (χ1v) is 12.1. The minimum Gasteiger partial charge on any atom is -0.480 e. The summed E-state index contributed by atoms with van der Waals surface area (Å²) in [6.45, 7) is 0.504. The van der Waals surface area contributed by atoms with Gasteiger partial charge < -0.3 is 25.4 Å². The molecule has 2 aromatic carbocycles. The summed E-state index contributed by atoms with van der Waals surface area (Å²) in [6, 6.07) is 15.3. The lowest BCUT2D eigenvalue weighted by Crippen LogP contribution is -2.52. The van der Waals surface area contributed by atoms with Crippen LogP contribution < -0.4 is 10.6 Å². The zero-order valence-electron chi connectivity index (χ0n) is 20.2. The number of benzene rings is 2. The Morgan fingerprint density at radius 1 is 1.03 bits per heavy atom. The number of carbonyl (C=O) groups is 3. The molecule has 0 aliphatic heterocycles. The van der Waals surface area contributed by atoms with Gasteiger partial charge in [-0.25, -0.2) is 9.59 Å². The van der Waals surface area contributed by atoms with Crippen molar-refractivity contribution in [3.8, 4) is 11.1 Å². The fraction of sp³-hybridized carbons (Fsp3) is 0.444. The molecular formula is C27H33N3O5. The molecule has 2 aliphatic carbocycles. The molecule has 8 nitrogen and oxygen atoms in total. The Labute approximate surface area is 205 Å². The maximum Gasteiger partial charge on any atom is 0.407 e. The van der Waals surface area contributed by atoms with Crippen LogP contribution in [0.4, 0.5) is 4.79 Å². The van der Waals surface area contributed by atoms with Crippen molar-refractivity contribution in [2.45, 2.75) is 31.2 Å². The van der Waals surface area contributed by atoms with E-state index in [1.165, 1.54) is 0 Å². The maximum atomic E-state index is 12.9. The van der Waals surface area contributed by atoms with Gasteiger partial charge in [0.25, 0.3) is 0 Å². The first kappa shape index (κ1) is 24.7. The zero-order chi connectivity index (χ0) is 24.9. The Morgan fingerprint density at radius 2 is 1.63 bits per heavy atom. The van der Waals surface area contributed by atoms with Gasteiger partial charge in [0.1, 0.15) is 12.6 Å². The van der Waals surface area contributed by atoms with E-state index in [-0.39, 0.29) is 37.4 Å². The molecule has 35 heavy (non-hydrogen) atoms. The van der Waals surface area contributed by atoms with E-state index in [1.807, 2.05) is 24.3 Å². The Bertz CT molecular complexity index is 1040. The number of amides is 2. The van der Waals surface area contributed by atoms with Crippen LogP contribution in [0.5, 0.6) is 0 Å². The summed E-state index contributed by atoms with van der Waals surface area (Å²) < 4.78 is 5.59. The quantitative estimate of drug-likeness (QED) is 0.483. The number of carbonyl (C=O) groups excluding carboxylic acids is 2.